The molecule has 4 nitrogen and oxygen atoms in total. The summed E-state index contributed by atoms with van der Waals surface area (Å²) >= 11 is 0. The predicted molar refractivity (Wildman–Crippen MR) is 106 cm³/mol. The Hall–Kier alpha value is -3.28. The minimum atomic E-state index is -0.824. The van der Waals surface area contributed by atoms with Crippen LogP contribution in [0.1, 0.15) is 29.8 Å². The highest BCUT2D eigenvalue weighted by Crippen LogP contribution is 2.21. The van der Waals surface area contributed by atoms with E-state index < -0.39 is 17.5 Å². The molecule has 0 spiro atoms. The Morgan fingerprint density at radius 2 is 1.82 bits per heavy atom. The van der Waals surface area contributed by atoms with Crippen LogP contribution in [0.5, 0.6) is 0 Å². The Labute approximate surface area is 162 Å². The van der Waals surface area contributed by atoms with Gasteiger partial charge in [-0.2, -0.15) is 0 Å². The number of hydrogen-bond donors (Lipinski definition) is 1. The molecule has 6 heteroatoms. The van der Waals surface area contributed by atoms with Crippen molar-refractivity contribution in [1.29, 1.82) is 0 Å². The molecule has 3 aromatic rings. The number of halogens is 2. The molecule has 1 aromatic heterocycles. The molecule has 0 atom stereocenters. The van der Waals surface area contributed by atoms with Gasteiger partial charge >= 0.3 is 0 Å². The Kier molecular flexibility index (Phi) is 5.99. The molecule has 0 bridgehead atoms. The van der Waals surface area contributed by atoms with E-state index in [9.17, 15) is 13.6 Å². The van der Waals surface area contributed by atoms with Crippen LogP contribution in [0.25, 0.3) is 0 Å². The summed E-state index contributed by atoms with van der Waals surface area (Å²) in [4.78, 5) is 19.0. The molecule has 1 heterocycles. The lowest BCUT2D eigenvalue weighted by Gasteiger charge is -2.28. The number of aromatic nitrogens is 1. The predicted octanol–water partition coefficient (Wildman–Crippen LogP) is 5.03. The highest BCUT2D eigenvalue weighted by atomic mass is 19.1. The third kappa shape index (κ3) is 4.71. The molecule has 3 rings (SSSR count). The molecule has 0 aliphatic rings. The van der Waals surface area contributed by atoms with Crippen LogP contribution in [0.4, 0.5) is 20.3 Å². The maximum absolute atomic E-state index is 13.8. The van der Waals surface area contributed by atoms with E-state index in [0.717, 1.165) is 17.7 Å². The molecule has 28 heavy (non-hydrogen) atoms. The fourth-order valence-electron chi connectivity index (χ4n) is 2.81. The lowest BCUT2D eigenvalue weighted by atomic mass is 10.1. The Bertz CT molecular complexity index is 961. The zero-order valence-electron chi connectivity index (χ0n) is 15.7. The number of carbonyl (C=O) groups is 1. The van der Waals surface area contributed by atoms with E-state index in [4.69, 9.17) is 0 Å². The van der Waals surface area contributed by atoms with Crippen molar-refractivity contribution in [3.8, 4) is 0 Å². The molecule has 2 aromatic carbocycles. The molecular formula is C22H21F2N3O. The summed E-state index contributed by atoms with van der Waals surface area (Å²) in [6.07, 6.45) is 1.55. The number of nitrogens with zero attached hydrogens (tertiary/aromatic N) is 2. The smallest absolute Gasteiger partial charge is 0.255 e. The van der Waals surface area contributed by atoms with Crippen LogP contribution < -0.4 is 10.2 Å². The second kappa shape index (κ2) is 8.61. The average Bonchev–Trinajstić information content (AvgIpc) is 2.69. The van der Waals surface area contributed by atoms with Crippen LogP contribution in [0, 0.1) is 11.6 Å². The monoisotopic (exact) mass is 381 g/mol. The van der Waals surface area contributed by atoms with Crippen LogP contribution in [0.15, 0.2) is 66.9 Å². The number of nitrogens with one attached hydrogen (secondary N) is 1. The van der Waals surface area contributed by atoms with Crippen molar-refractivity contribution >= 4 is 17.4 Å². The highest BCUT2D eigenvalue weighted by Gasteiger charge is 2.16. The number of benzene rings is 2. The van der Waals surface area contributed by atoms with E-state index in [1.54, 1.807) is 18.3 Å². The fraction of sp³-hybridized carbons (Fsp3) is 0.182. The Balaban J connectivity index is 1.82. The SMILES string of the molecule is CC(C)N(Cc1ccccc1)c1cc(C(=O)Nc2ccc(F)cc2F)ccn1. The first kappa shape index (κ1) is 19.5. The molecule has 1 N–H and O–H groups in total. The third-order valence-corrected chi connectivity index (χ3v) is 4.30. The zero-order chi connectivity index (χ0) is 20.1. The van der Waals surface area contributed by atoms with Crippen molar-refractivity contribution in [2.24, 2.45) is 0 Å². The van der Waals surface area contributed by atoms with E-state index in [-0.39, 0.29) is 11.7 Å². The molecular weight excluding hydrogens is 360 g/mol. The van der Waals surface area contributed by atoms with E-state index in [2.05, 4.69) is 15.2 Å². The van der Waals surface area contributed by atoms with Crippen molar-refractivity contribution in [2.75, 3.05) is 10.2 Å². The van der Waals surface area contributed by atoms with E-state index in [1.165, 1.54) is 6.07 Å². The summed E-state index contributed by atoms with van der Waals surface area (Å²) in [7, 11) is 0. The second-order valence-electron chi connectivity index (χ2n) is 6.69. The van der Waals surface area contributed by atoms with Crippen molar-refractivity contribution in [2.45, 2.75) is 26.4 Å². The minimum absolute atomic E-state index is 0.0743. The molecule has 0 radical (unpaired) electrons. The number of rotatable bonds is 6. The van der Waals surface area contributed by atoms with Crippen molar-refractivity contribution in [3.05, 3.63) is 89.6 Å². The normalized spacial score (nSPS) is 10.8. The fourth-order valence-corrected chi connectivity index (χ4v) is 2.81. The van der Waals surface area contributed by atoms with E-state index >= 15 is 0 Å². The molecule has 0 fully saturated rings. The van der Waals surface area contributed by atoms with Gasteiger partial charge in [0.05, 0.1) is 5.69 Å². The van der Waals surface area contributed by atoms with Crippen LogP contribution in [-0.4, -0.2) is 16.9 Å². The van der Waals surface area contributed by atoms with E-state index in [1.807, 2.05) is 44.2 Å². The average molecular weight is 381 g/mol. The van der Waals surface area contributed by atoms with Gasteiger partial charge in [0.2, 0.25) is 0 Å². The van der Waals surface area contributed by atoms with Crippen molar-refractivity contribution < 1.29 is 13.6 Å². The van der Waals surface area contributed by atoms with Gasteiger partial charge in [-0.1, -0.05) is 30.3 Å². The number of hydrogen-bond acceptors (Lipinski definition) is 3. The first-order valence-electron chi connectivity index (χ1n) is 8.97. The molecule has 0 aliphatic heterocycles. The summed E-state index contributed by atoms with van der Waals surface area (Å²) in [6, 6.07) is 16.4. The number of carbonyl (C=O) groups excluding carboxylic acids is 1. The molecule has 0 saturated carbocycles. The summed E-state index contributed by atoms with van der Waals surface area (Å²) in [6.45, 7) is 4.74. The topological polar surface area (TPSA) is 45.2 Å². The molecule has 144 valence electrons. The van der Waals surface area contributed by atoms with Crippen LogP contribution in [0.3, 0.4) is 0 Å². The van der Waals surface area contributed by atoms with Gasteiger partial charge in [-0.25, -0.2) is 13.8 Å². The molecule has 0 saturated heterocycles. The maximum atomic E-state index is 13.8. The van der Waals surface area contributed by atoms with Gasteiger partial charge in [0, 0.05) is 30.4 Å². The summed E-state index contributed by atoms with van der Waals surface area (Å²) in [5.41, 5.74) is 1.39. The second-order valence-corrected chi connectivity index (χ2v) is 6.69. The van der Waals surface area contributed by atoms with Gasteiger partial charge in [0.25, 0.3) is 5.91 Å². The Morgan fingerprint density at radius 3 is 2.50 bits per heavy atom. The molecule has 0 aliphatic carbocycles. The first-order valence-corrected chi connectivity index (χ1v) is 8.97. The lowest BCUT2D eigenvalue weighted by Crippen LogP contribution is -2.31. The molecule has 1 amide bonds. The van der Waals surface area contributed by atoms with Crippen molar-refractivity contribution in [1.82, 2.24) is 4.98 Å². The minimum Gasteiger partial charge on any atom is -0.350 e. The van der Waals surface area contributed by atoms with Gasteiger partial charge in [-0.3, -0.25) is 4.79 Å². The van der Waals surface area contributed by atoms with E-state index in [0.29, 0.717) is 17.9 Å². The van der Waals surface area contributed by atoms with Gasteiger partial charge in [-0.15, -0.1) is 0 Å². The Morgan fingerprint density at radius 1 is 1.07 bits per heavy atom. The van der Waals surface area contributed by atoms with Crippen LogP contribution in [0.2, 0.25) is 0 Å². The zero-order valence-corrected chi connectivity index (χ0v) is 15.7. The largest absolute Gasteiger partial charge is 0.350 e. The maximum Gasteiger partial charge on any atom is 0.255 e. The third-order valence-electron chi connectivity index (χ3n) is 4.30. The lowest BCUT2D eigenvalue weighted by molar-refractivity contribution is 0.102. The number of anilines is 2. The van der Waals surface area contributed by atoms with Gasteiger partial charge in [-0.05, 0) is 43.7 Å². The number of amides is 1. The van der Waals surface area contributed by atoms with Gasteiger partial charge in [0.1, 0.15) is 17.5 Å². The first-order chi connectivity index (χ1) is 13.4. The van der Waals surface area contributed by atoms with Gasteiger partial charge < -0.3 is 10.2 Å². The quantitative estimate of drug-likeness (QED) is 0.652. The summed E-state index contributed by atoms with van der Waals surface area (Å²) < 4.78 is 26.8. The van der Waals surface area contributed by atoms with Crippen LogP contribution in [-0.2, 0) is 6.54 Å². The standard InChI is InChI=1S/C22H21F2N3O/c1-15(2)27(14-16-6-4-3-5-7-16)21-12-17(10-11-25-21)22(28)26-20-9-8-18(23)13-19(20)24/h3-13,15H,14H2,1-2H3,(H,26,28). The van der Waals surface area contributed by atoms with Crippen LogP contribution >= 0.6 is 0 Å². The highest BCUT2D eigenvalue weighted by molar-refractivity contribution is 6.04. The summed E-state index contributed by atoms with van der Waals surface area (Å²) in [5, 5.41) is 2.47. The van der Waals surface area contributed by atoms with Gasteiger partial charge in [0.15, 0.2) is 0 Å². The molecule has 0 unspecified atom stereocenters. The van der Waals surface area contributed by atoms with Crippen molar-refractivity contribution in [3.63, 3.8) is 0 Å². The number of pyridine rings is 1. The summed E-state index contributed by atoms with van der Waals surface area (Å²) in [5.74, 6) is -1.37.